The van der Waals surface area contributed by atoms with Gasteiger partial charge in [-0.2, -0.15) is 0 Å². The molecule has 90 valence electrons. The smallest absolute Gasteiger partial charge is 0.235 e. The van der Waals surface area contributed by atoms with Crippen molar-refractivity contribution in [3.63, 3.8) is 0 Å². The Morgan fingerprint density at radius 3 is 2.50 bits per heavy atom. The van der Waals surface area contributed by atoms with Crippen LogP contribution in [0.2, 0.25) is 0 Å². The van der Waals surface area contributed by atoms with Gasteiger partial charge in [0.05, 0.1) is 5.25 Å². The summed E-state index contributed by atoms with van der Waals surface area (Å²) in [4.78, 5) is 0. The SMILES string of the molecule is CC(C)S(=O)(=O)Nc1cc(Br)cc(CN)c1. The summed E-state index contributed by atoms with van der Waals surface area (Å²) in [5.74, 6) is 0. The van der Waals surface area contributed by atoms with E-state index in [-0.39, 0.29) is 0 Å². The summed E-state index contributed by atoms with van der Waals surface area (Å²) in [6.45, 7) is 3.63. The fourth-order valence-corrected chi connectivity index (χ4v) is 2.33. The van der Waals surface area contributed by atoms with Crippen molar-refractivity contribution in [2.75, 3.05) is 4.72 Å². The van der Waals surface area contributed by atoms with E-state index in [9.17, 15) is 8.42 Å². The lowest BCUT2D eigenvalue weighted by Gasteiger charge is -2.12. The number of hydrogen-bond donors (Lipinski definition) is 2. The van der Waals surface area contributed by atoms with Crippen LogP contribution in [0, 0.1) is 0 Å². The van der Waals surface area contributed by atoms with Gasteiger partial charge in [-0.05, 0) is 37.6 Å². The Bertz CT molecular complexity index is 472. The van der Waals surface area contributed by atoms with Crippen molar-refractivity contribution in [3.8, 4) is 0 Å². The maximum atomic E-state index is 11.7. The molecule has 4 nitrogen and oxygen atoms in total. The van der Waals surface area contributed by atoms with Crippen molar-refractivity contribution >= 4 is 31.6 Å². The number of sulfonamides is 1. The molecule has 3 N–H and O–H groups in total. The molecule has 0 aliphatic rings. The van der Waals surface area contributed by atoms with Crippen LogP contribution >= 0.6 is 15.9 Å². The average molecular weight is 307 g/mol. The van der Waals surface area contributed by atoms with Crippen LogP contribution in [0.5, 0.6) is 0 Å². The minimum atomic E-state index is -3.30. The summed E-state index contributed by atoms with van der Waals surface area (Å²) in [6.07, 6.45) is 0. The summed E-state index contributed by atoms with van der Waals surface area (Å²) in [6, 6.07) is 5.29. The van der Waals surface area contributed by atoms with E-state index in [1.165, 1.54) is 0 Å². The van der Waals surface area contributed by atoms with Gasteiger partial charge < -0.3 is 5.73 Å². The zero-order chi connectivity index (χ0) is 12.3. The van der Waals surface area contributed by atoms with Crippen molar-refractivity contribution in [1.82, 2.24) is 0 Å². The van der Waals surface area contributed by atoms with Crippen molar-refractivity contribution in [3.05, 3.63) is 28.2 Å². The molecule has 0 atom stereocenters. The first-order chi connectivity index (χ1) is 7.35. The van der Waals surface area contributed by atoms with E-state index < -0.39 is 15.3 Å². The molecule has 0 unspecified atom stereocenters. The maximum absolute atomic E-state index is 11.7. The van der Waals surface area contributed by atoms with Gasteiger partial charge in [0, 0.05) is 16.7 Å². The topological polar surface area (TPSA) is 72.2 Å². The molecule has 0 aliphatic heterocycles. The van der Waals surface area contributed by atoms with Crippen LogP contribution in [0.25, 0.3) is 0 Å². The lowest BCUT2D eigenvalue weighted by Crippen LogP contribution is -2.22. The van der Waals surface area contributed by atoms with Crippen molar-refractivity contribution < 1.29 is 8.42 Å². The summed E-state index contributed by atoms with van der Waals surface area (Å²) in [7, 11) is -3.30. The molecule has 1 aromatic rings. The van der Waals surface area contributed by atoms with Gasteiger partial charge in [0.15, 0.2) is 0 Å². The van der Waals surface area contributed by atoms with Gasteiger partial charge in [0.2, 0.25) is 10.0 Å². The fourth-order valence-electron chi connectivity index (χ4n) is 1.11. The van der Waals surface area contributed by atoms with Gasteiger partial charge in [0.25, 0.3) is 0 Å². The average Bonchev–Trinajstić information content (AvgIpc) is 2.15. The fraction of sp³-hybridized carbons (Fsp3) is 0.400. The first-order valence-electron chi connectivity index (χ1n) is 4.86. The van der Waals surface area contributed by atoms with Crippen LogP contribution in [0.4, 0.5) is 5.69 Å². The molecule has 0 heterocycles. The first kappa shape index (κ1) is 13.5. The second kappa shape index (κ2) is 5.16. The molecule has 0 spiro atoms. The minimum Gasteiger partial charge on any atom is -0.326 e. The Morgan fingerprint density at radius 1 is 1.38 bits per heavy atom. The summed E-state index contributed by atoms with van der Waals surface area (Å²) >= 11 is 3.31. The number of anilines is 1. The summed E-state index contributed by atoms with van der Waals surface area (Å²) < 4.78 is 26.6. The molecule has 1 rings (SSSR count). The van der Waals surface area contributed by atoms with Crippen LogP contribution in [0.15, 0.2) is 22.7 Å². The maximum Gasteiger partial charge on any atom is 0.235 e. The third-order valence-electron chi connectivity index (χ3n) is 2.07. The lowest BCUT2D eigenvalue weighted by atomic mass is 10.2. The molecular formula is C10H15BrN2O2S. The molecule has 0 saturated heterocycles. The minimum absolute atomic E-state index is 0.371. The highest BCUT2D eigenvalue weighted by Crippen LogP contribution is 2.21. The highest BCUT2D eigenvalue weighted by atomic mass is 79.9. The zero-order valence-electron chi connectivity index (χ0n) is 9.20. The molecule has 0 aromatic heterocycles. The monoisotopic (exact) mass is 306 g/mol. The summed E-state index contributed by atoms with van der Waals surface area (Å²) in [5, 5.41) is -0.465. The zero-order valence-corrected chi connectivity index (χ0v) is 11.6. The Balaban J connectivity index is 3.02. The molecule has 0 saturated carbocycles. The van der Waals surface area contributed by atoms with E-state index in [0.29, 0.717) is 12.2 Å². The number of halogens is 1. The Morgan fingerprint density at radius 2 is 2.00 bits per heavy atom. The highest BCUT2D eigenvalue weighted by Gasteiger charge is 2.15. The first-order valence-corrected chi connectivity index (χ1v) is 7.20. The van der Waals surface area contributed by atoms with Crippen LogP contribution in [-0.2, 0) is 16.6 Å². The number of hydrogen-bond acceptors (Lipinski definition) is 3. The predicted octanol–water partition coefficient (Wildman–Crippen LogP) is 2.06. The van der Waals surface area contributed by atoms with E-state index in [2.05, 4.69) is 20.7 Å². The molecule has 1 aromatic carbocycles. The van der Waals surface area contributed by atoms with Crippen molar-refractivity contribution in [2.45, 2.75) is 25.6 Å². The van der Waals surface area contributed by atoms with E-state index in [0.717, 1.165) is 10.0 Å². The van der Waals surface area contributed by atoms with E-state index in [1.54, 1.807) is 26.0 Å². The molecule has 0 radical (unpaired) electrons. The lowest BCUT2D eigenvalue weighted by molar-refractivity contribution is 0.593. The van der Waals surface area contributed by atoms with Crippen LogP contribution in [-0.4, -0.2) is 13.7 Å². The van der Waals surface area contributed by atoms with Crippen LogP contribution < -0.4 is 10.5 Å². The number of nitrogens with two attached hydrogens (primary N) is 1. The van der Waals surface area contributed by atoms with Crippen molar-refractivity contribution in [2.24, 2.45) is 5.73 Å². The van der Waals surface area contributed by atoms with Crippen LogP contribution in [0.3, 0.4) is 0 Å². The van der Waals surface area contributed by atoms with Gasteiger partial charge in [-0.25, -0.2) is 8.42 Å². The highest BCUT2D eigenvalue weighted by molar-refractivity contribution is 9.10. The Labute approximate surface area is 104 Å². The molecule has 0 aliphatic carbocycles. The predicted molar refractivity (Wildman–Crippen MR) is 69.7 cm³/mol. The Hall–Kier alpha value is -0.590. The molecule has 0 bridgehead atoms. The number of nitrogens with one attached hydrogen (secondary N) is 1. The van der Waals surface area contributed by atoms with E-state index >= 15 is 0 Å². The van der Waals surface area contributed by atoms with E-state index in [1.807, 2.05) is 6.07 Å². The molecule has 16 heavy (non-hydrogen) atoms. The molecule has 0 amide bonds. The van der Waals surface area contributed by atoms with Crippen LogP contribution in [0.1, 0.15) is 19.4 Å². The van der Waals surface area contributed by atoms with Gasteiger partial charge in [-0.3, -0.25) is 4.72 Å². The Kier molecular flexibility index (Phi) is 4.35. The second-order valence-electron chi connectivity index (χ2n) is 3.75. The van der Waals surface area contributed by atoms with E-state index in [4.69, 9.17) is 5.73 Å². The number of rotatable bonds is 4. The second-order valence-corrected chi connectivity index (χ2v) is 6.90. The number of benzene rings is 1. The third kappa shape index (κ3) is 3.47. The third-order valence-corrected chi connectivity index (χ3v) is 4.29. The standard InChI is InChI=1S/C10H15BrN2O2S/c1-7(2)16(14,15)13-10-4-8(6-12)3-9(11)5-10/h3-5,7,13H,6,12H2,1-2H3. The van der Waals surface area contributed by atoms with Gasteiger partial charge >= 0.3 is 0 Å². The summed E-state index contributed by atoms with van der Waals surface area (Å²) in [5.41, 5.74) is 6.92. The molecule has 0 fully saturated rings. The van der Waals surface area contributed by atoms with Crippen molar-refractivity contribution in [1.29, 1.82) is 0 Å². The van der Waals surface area contributed by atoms with Gasteiger partial charge in [0.1, 0.15) is 0 Å². The molecule has 6 heteroatoms. The quantitative estimate of drug-likeness (QED) is 0.894. The molecular weight excluding hydrogens is 292 g/mol. The van der Waals surface area contributed by atoms with Gasteiger partial charge in [-0.15, -0.1) is 0 Å². The largest absolute Gasteiger partial charge is 0.326 e. The normalized spacial score (nSPS) is 11.8. The van der Waals surface area contributed by atoms with Gasteiger partial charge in [-0.1, -0.05) is 15.9 Å².